The van der Waals surface area contributed by atoms with E-state index in [1.165, 1.54) is 17.5 Å². The maximum atomic E-state index is 11.6. The number of carbonyl (C=O) groups excluding carboxylic acids is 1. The van der Waals surface area contributed by atoms with Gasteiger partial charge in [-0.2, -0.15) is 4.99 Å². The average Bonchev–Trinajstić information content (AvgIpc) is 2.69. The standard InChI is InChI=1S/C13H17N3OS/c1-7(2)16-8(3)5-10(9(16)4)6-11-12(17)15-13(14)18-11/h5-7H,1-4H3,(H2,14,15,17). The normalized spacial score (nSPS) is 17.9. The number of hydrogen-bond donors (Lipinski definition) is 1. The van der Waals surface area contributed by atoms with E-state index in [0.29, 0.717) is 16.1 Å². The van der Waals surface area contributed by atoms with Crippen molar-refractivity contribution in [2.45, 2.75) is 33.7 Å². The van der Waals surface area contributed by atoms with Crippen LogP contribution in [0.15, 0.2) is 16.0 Å². The summed E-state index contributed by atoms with van der Waals surface area (Å²) in [7, 11) is 0. The Labute approximate surface area is 111 Å². The van der Waals surface area contributed by atoms with Crippen molar-refractivity contribution in [1.29, 1.82) is 0 Å². The minimum atomic E-state index is -0.244. The molecule has 18 heavy (non-hydrogen) atoms. The van der Waals surface area contributed by atoms with E-state index < -0.39 is 0 Å². The summed E-state index contributed by atoms with van der Waals surface area (Å²) in [6.07, 6.45) is 1.87. The van der Waals surface area contributed by atoms with Crippen LogP contribution in [-0.4, -0.2) is 15.6 Å². The molecule has 1 aliphatic heterocycles. The van der Waals surface area contributed by atoms with Crippen molar-refractivity contribution in [1.82, 2.24) is 4.57 Å². The Morgan fingerprint density at radius 3 is 2.56 bits per heavy atom. The first kappa shape index (κ1) is 13.0. The first-order chi connectivity index (χ1) is 8.40. The summed E-state index contributed by atoms with van der Waals surface area (Å²) in [4.78, 5) is 15.9. The van der Waals surface area contributed by atoms with Crippen LogP contribution in [0.4, 0.5) is 0 Å². The van der Waals surface area contributed by atoms with Gasteiger partial charge < -0.3 is 10.3 Å². The van der Waals surface area contributed by atoms with Gasteiger partial charge in [-0.25, -0.2) is 0 Å². The summed E-state index contributed by atoms with van der Waals surface area (Å²) in [5, 5.41) is 0.323. The van der Waals surface area contributed by atoms with Crippen molar-refractivity contribution in [3.05, 3.63) is 27.9 Å². The van der Waals surface area contributed by atoms with E-state index in [-0.39, 0.29) is 5.91 Å². The highest BCUT2D eigenvalue weighted by Crippen LogP contribution is 2.29. The lowest BCUT2D eigenvalue weighted by Gasteiger charge is -2.13. The lowest BCUT2D eigenvalue weighted by Crippen LogP contribution is -2.04. The van der Waals surface area contributed by atoms with E-state index in [9.17, 15) is 4.79 Å². The van der Waals surface area contributed by atoms with E-state index in [4.69, 9.17) is 5.73 Å². The molecule has 96 valence electrons. The molecule has 2 rings (SSSR count). The second-order valence-corrected chi connectivity index (χ2v) is 5.72. The van der Waals surface area contributed by atoms with Gasteiger partial charge >= 0.3 is 0 Å². The molecule has 1 amide bonds. The van der Waals surface area contributed by atoms with Crippen molar-refractivity contribution < 1.29 is 4.79 Å². The van der Waals surface area contributed by atoms with Crippen LogP contribution in [0, 0.1) is 13.8 Å². The fraction of sp³-hybridized carbons (Fsp3) is 0.385. The van der Waals surface area contributed by atoms with E-state index >= 15 is 0 Å². The Hall–Kier alpha value is -1.49. The zero-order chi connectivity index (χ0) is 13.4. The van der Waals surface area contributed by atoms with Gasteiger partial charge in [0, 0.05) is 17.4 Å². The molecule has 0 saturated heterocycles. The van der Waals surface area contributed by atoms with E-state index in [1.54, 1.807) is 0 Å². The molecule has 0 aliphatic carbocycles. The number of hydrogen-bond acceptors (Lipinski definition) is 3. The third-order valence-electron chi connectivity index (χ3n) is 2.96. The summed E-state index contributed by atoms with van der Waals surface area (Å²) < 4.78 is 2.25. The Kier molecular flexibility index (Phi) is 3.34. The summed E-state index contributed by atoms with van der Waals surface area (Å²) in [6, 6.07) is 2.50. The highest BCUT2D eigenvalue weighted by molar-refractivity contribution is 8.18. The largest absolute Gasteiger partial charge is 0.378 e. The van der Waals surface area contributed by atoms with Gasteiger partial charge in [-0.05, 0) is 57.2 Å². The molecule has 0 saturated carbocycles. The number of aromatic nitrogens is 1. The number of thioether (sulfide) groups is 1. The third kappa shape index (κ3) is 2.22. The molecule has 0 radical (unpaired) electrons. The maximum Gasteiger partial charge on any atom is 0.286 e. The van der Waals surface area contributed by atoms with Crippen molar-refractivity contribution in [3.63, 3.8) is 0 Å². The fourth-order valence-corrected chi connectivity index (χ4v) is 2.98. The number of amidine groups is 1. The van der Waals surface area contributed by atoms with Gasteiger partial charge in [0.05, 0.1) is 4.91 Å². The highest BCUT2D eigenvalue weighted by Gasteiger charge is 2.20. The molecule has 0 unspecified atom stereocenters. The Morgan fingerprint density at radius 2 is 2.11 bits per heavy atom. The van der Waals surface area contributed by atoms with E-state index in [2.05, 4.69) is 43.3 Å². The van der Waals surface area contributed by atoms with E-state index in [0.717, 1.165) is 11.3 Å². The first-order valence-corrected chi connectivity index (χ1v) is 6.68. The summed E-state index contributed by atoms with van der Waals surface area (Å²) in [5.74, 6) is -0.244. The van der Waals surface area contributed by atoms with Crippen LogP contribution in [0.2, 0.25) is 0 Å². The van der Waals surface area contributed by atoms with Gasteiger partial charge in [0.1, 0.15) is 0 Å². The molecular weight excluding hydrogens is 246 g/mol. The summed E-state index contributed by atoms with van der Waals surface area (Å²) in [6.45, 7) is 8.43. The quantitative estimate of drug-likeness (QED) is 0.834. The summed E-state index contributed by atoms with van der Waals surface area (Å²) in [5.41, 5.74) is 8.95. The molecular formula is C13H17N3OS. The zero-order valence-corrected chi connectivity index (χ0v) is 11.8. The smallest absolute Gasteiger partial charge is 0.286 e. The number of aryl methyl sites for hydroxylation is 1. The van der Waals surface area contributed by atoms with Crippen molar-refractivity contribution in [2.24, 2.45) is 10.7 Å². The monoisotopic (exact) mass is 263 g/mol. The van der Waals surface area contributed by atoms with Crippen LogP contribution in [0.5, 0.6) is 0 Å². The van der Waals surface area contributed by atoms with Gasteiger partial charge in [-0.1, -0.05) is 0 Å². The average molecular weight is 263 g/mol. The van der Waals surface area contributed by atoms with Crippen molar-refractivity contribution in [3.8, 4) is 0 Å². The molecule has 1 aromatic heterocycles. The predicted molar refractivity (Wildman–Crippen MR) is 76.5 cm³/mol. The molecule has 2 heterocycles. The second kappa shape index (κ2) is 4.65. The molecule has 1 aromatic rings. The molecule has 2 N–H and O–H groups in total. The third-order valence-corrected chi connectivity index (χ3v) is 3.78. The number of rotatable bonds is 2. The van der Waals surface area contributed by atoms with Crippen LogP contribution in [0.3, 0.4) is 0 Å². The SMILES string of the molecule is Cc1cc(C=C2SC(N)=NC2=O)c(C)n1C(C)C. The molecule has 0 atom stereocenters. The number of nitrogens with zero attached hydrogens (tertiary/aromatic N) is 2. The van der Waals surface area contributed by atoms with Gasteiger partial charge in [0.25, 0.3) is 5.91 Å². The molecule has 5 heteroatoms. The Balaban J connectivity index is 2.40. The van der Waals surface area contributed by atoms with Crippen molar-refractivity contribution in [2.75, 3.05) is 0 Å². The Bertz CT molecular complexity index is 567. The lowest BCUT2D eigenvalue weighted by molar-refractivity contribution is -0.113. The molecule has 0 bridgehead atoms. The van der Waals surface area contributed by atoms with Gasteiger partial charge in [0.2, 0.25) is 0 Å². The van der Waals surface area contributed by atoms with Crippen LogP contribution >= 0.6 is 11.8 Å². The number of nitrogens with two attached hydrogens (primary N) is 1. The van der Waals surface area contributed by atoms with Crippen LogP contribution in [0.1, 0.15) is 36.8 Å². The fourth-order valence-electron chi connectivity index (χ4n) is 2.31. The molecule has 4 nitrogen and oxygen atoms in total. The minimum absolute atomic E-state index is 0.244. The van der Waals surface area contributed by atoms with Gasteiger partial charge in [-0.15, -0.1) is 0 Å². The zero-order valence-electron chi connectivity index (χ0n) is 11.0. The van der Waals surface area contributed by atoms with Gasteiger partial charge in [-0.3, -0.25) is 4.79 Å². The second-order valence-electron chi connectivity index (χ2n) is 4.66. The highest BCUT2D eigenvalue weighted by atomic mass is 32.2. The van der Waals surface area contributed by atoms with Crippen LogP contribution in [-0.2, 0) is 4.79 Å². The van der Waals surface area contributed by atoms with Crippen LogP contribution < -0.4 is 5.73 Å². The Morgan fingerprint density at radius 1 is 1.44 bits per heavy atom. The van der Waals surface area contributed by atoms with Crippen LogP contribution in [0.25, 0.3) is 6.08 Å². The predicted octanol–water partition coefficient (Wildman–Crippen LogP) is 2.61. The number of aliphatic imine (C=N–C) groups is 1. The molecule has 0 fully saturated rings. The van der Waals surface area contributed by atoms with Crippen molar-refractivity contribution >= 4 is 28.9 Å². The lowest BCUT2D eigenvalue weighted by atomic mass is 10.2. The number of amides is 1. The minimum Gasteiger partial charge on any atom is -0.378 e. The topological polar surface area (TPSA) is 60.4 Å². The summed E-state index contributed by atoms with van der Waals surface area (Å²) >= 11 is 1.23. The number of carbonyl (C=O) groups is 1. The molecule has 0 aromatic carbocycles. The molecule has 1 aliphatic rings. The first-order valence-electron chi connectivity index (χ1n) is 5.86. The maximum absolute atomic E-state index is 11.6. The van der Waals surface area contributed by atoms with Gasteiger partial charge in [0.15, 0.2) is 5.17 Å². The van der Waals surface area contributed by atoms with E-state index in [1.807, 2.05) is 6.08 Å². The molecule has 0 spiro atoms.